The molecule has 43 heavy (non-hydrogen) atoms. The molecule has 224 valence electrons. The van der Waals surface area contributed by atoms with Crippen molar-refractivity contribution in [1.82, 2.24) is 19.6 Å². The van der Waals surface area contributed by atoms with Crippen LogP contribution in [0.3, 0.4) is 0 Å². The average molecular weight is 585 g/mol. The molecule has 0 bridgehead atoms. The number of nitrogens with zero attached hydrogens (tertiary/aromatic N) is 4. The predicted octanol–water partition coefficient (Wildman–Crippen LogP) is 2.99. The van der Waals surface area contributed by atoms with Crippen LogP contribution in [0.15, 0.2) is 60.7 Å². The van der Waals surface area contributed by atoms with Crippen LogP contribution in [0.4, 0.5) is 0 Å². The maximum absolute atomic E-state index is 13.2. The lowest BCUT2D eigenvalue weighted by atomic mass is 10.1. The summed E-state index contributed by atoms with van der Waals surface area (Å²) in [4.78, 5) is 34.8. The predicted molar refractivity (Wildman–Crippen MR) is 158 cm³/mol. The first-order valence-electron chi connectivity index (χ1n) is 15.0. The molecule has 4 aliphatic heterocycles. The van der Waals surface area contributed by atoms with Gasteiger partial charge in [0.05, 0.1) is 6.42 Å². The minimum Gasteiger partial charge on any atom is -0.454 e. The van der Waals surface area contributed by atoms with Crippen LogP contribution in [0.25, 0.3) is 0 Å². The molecule has 2 saturated heterocycles. The maximum Gasteiger partial charge on any atom is 0.253 e. The van der Waals surface area contributed by atoms with Crippen LogP contribution < -0.4 is 18.9 Å². The Morgan fingerprint density at radius 2 is 1.00 bits per heavy atom. The lowest BCUT2D eigenvalue weighted by molar-refractivity contribution is -0.132. The van der Waals surface area contributed by atoms with Crippen molar-refractivity contribution in [2.45, 2.75) is 19.5 Å². The lowest BCUT2D eigenvalue weighted by Crippen LogP contribution is -2.48. The van der Waals surface area contributed by atoms with Gasteiger partial charge in [-0.25, -0.2) is 0 Å². The average Bonchev–Trinajstić information content (AvgIpc) is 3.71. The van der Waals surface area contributed by atoms with Gasteiger partial charge in [-0.05, 0) is 53.1 Å². The van der Waals surface area contributed by atoms with E-state index < -0.39 is 0 Å². The smallest absolute Gasteiger partial charge is 0.253 e. The van der Waals surface area contributed by atoms with Gasteiger partial charge in [-0.2, -0.15) is 0 Å². The van der Waals surface area contributed by atoms with Gasteiger partial charge in [-0.1, -0.05) is 24.3 Å². The Hall–Kier alpha value is -4.28. The Balaban J connectivity index is 0.850. The third-order valence-corrected chi connectivity index (χ3v) is 8.63. The molecule has 4 aliphatic rings. The van der Waals surface area contributed by atoms with Crippen LogP contribution in [0.2, 0.25) is 0 Å². The molecule has 2 amide bonds. The molecule has 0 saturated carbocycles. The monoisotopic (exact) mass is 584 g/mol. The Kier molecular flexibility index (Phi) is 7.78. The highest BCUT2D eigenvalue weighted by Gasteiger charge is 2.25. The molecule has 0 aromatic heterocycles. The molecule has 4 heterocycles. The number of carbonyl (C=O) groups is 2. The number of hydrogen-bond donors (Lipinski definition) is 0. The zero-order valence-corrected chi connectivity index (χ0v) is 24.2. The van der Waals surface area contributed by atoms with Crippen molar-refractivity contribution in [2.24, 2.45) is 0 Å². The second kappa shape index (κ2) is 12.1. The highest BCUT2D eigenvalue weighted by Crippen LogP contribution is 2.34. The van der Waals surface area contributed by atoms with Gasteiger partial charge in [0.25, 0.3) is 5.91 Å². The van der Waals surface area contributed by atoms with Crippen molar-refractivity contribution < 1.29 is 28.5 Å². The minimum absolute atomic E-state index is 0.0409. The molecule has 0 N–H and O–H groups in total. The van der Waals surface area contributed by atoms with Crippen molar-refractivity contribution in [2.75, 3.05) is 65.9 Å². The first kappa shape index (κ1) is 27.5. The largest absolute Gasteiger partial charge is 0.454 e. The summed E-state index contributed by atoms with van der Waals surface area (Å²) < 4.78 is 21.8. The summed E-state index contributed by atoms with van der Waals surface area (Å²) in [5.41, 5.74) is 3.95. The van der Waals surface area contributed by atoms with Crippen molar-refractivity contribution >= 4 is 11.8 Å². The van der Waals surface area contributed by atoms with Crippen molar-refractivity contribution in [3.05, 3.63) is 82.9 Å². The summed E-state index contributed by atoms with van der Waals surface area (Å²) in [6.07, 6.45) is 0.342. The lowest BCUT2D eigenvalue weighted by Gasteiger charge is -2.35. The summed E-state index contributed by atoms with van der Waals surface area (Å²) >= 11 is 0. The molecule has 10 nitrogen and oxygen atoms in total. The summed E-state index contributed by atoms with van der Waals surface area (Å²) in [5.74, 6) is 3.36. The van der Waals surface area contributed by atoms with Gasteiger partial charge in [0.1, 0.15) is 0 Å². The number of benzene rings is 3. The van der Waals surface area contributed by atoms with E-state index in [9.17, 15) is 9.59 Å². The molecule has 0 atom stereocenters. The molecule has 2 fully saturated rings. The number of amides is 2. The van der Waals surface area contributed by atoms with E-state index in [1.165, 1.54) is 11.1 Å². The molecule has 0 aliphatic carbocycles. The normalized spacial score (nSPS) is 18.2. The van der Waals surface area contributed by atoms with E-state index in [1.54, 1.807) is 0 Å². The quantitative estimate of drug-likeness (QED) is 0.419. The standard InChI is InChI=1S/C33H36N4O6/c38-32(36-13-9-34(10-14-36)20-25-3-7-28-30(17-25)42-22-40-28)19-24-1-5-27(6-2-24)33(39)37-15-11-35(12-16-37)21-26-4-8-29-31(18-26)43-23-41-29/h1-8,17-18H,9-16,19-23H2. The van der Waals surface area contributed by atoms with Crippen LogP contribution in [-0.4, -0.2) is 97.4 Å². The number of ether oxygens (including phenoxy) is 4. The zero-order chi connectivity index (χ0) is 29.2. The number of carbonyl (C=O) groups excluding carboxylic acids is 2. The second-order valence-electron chi connectivity index (χ2n) is 11.5. The topological polar surface area (TPSA) is 84.0 Å². The van der Waals surface area contributed by atoms with E-state index in [4.69, 9.17) is 18.9 Å². The van der Waals surface area contributed by atoms with E-state index in [-0.39, 0.29) is 25.4 Å². The van der Waals surface area contributed by atoms with Gasteiger partial charge in [0.15, 0.2) is 23.0 Å². The van der Waals surface area contributed by atoms with Gasteiger partial charge < -0.3 is 28.7 Å². The van der Waals surface area contributed by atoms with Gasteiger partial charge in [-0.3, -0.25) is 19.4 Å². The Morgan fingerprint density at radius 1 is 0.535 bits per heavy atom. The molecule has 0 unspecified atom stereocenters. The van der Waals surface area contributed by atoms with Crippen molar-refractivity contribution in [3.8, 4) is 23.0 Å². The second-order valence-corrected chi connectivity index (χ2v) is 11.5. The summed E-state index contributed by atoms with van der Waals surface area (Å²) in [5, 5.41) is 0. The first-order valence-corrected chi connectivity index (χ1v) is 15.0. The van der Waals surface area contributed by atoms with E-state index in [2.05, 4.69) is 21.9 Å². The maximum atomic E-state index is 13.2. The summed E-state index contributed by atoms with van der Waals surface area (Å²) in [6.45, 7) is 8.28. The number of fused-ring (bicyclic) bond motifs is 2. The Morgan fingerprint density at radius 3 is 1.53 bits per heavy atom. The SMILES string of the molecule is O=C(Cc1ccc(C(=O)N2CCN(Cc3ccc4c(c3)OCO4)CC2)cc1)N1CCN(Cc2ccc3c(c2)OCO3)CC1. The fraction of sp³-hybridized carbons (Fsp3) is 0.394. The molecule has 0 spiro atoms. The molecule has 3 aromatic carbocycles. The third-order valence-electron chi connectivity index (χ3n) is 8.63. The van der Waals surface area contributed by atoms with Gasteiger partial charge in [-0.15, -0.1) is 0 Å². The van der Waals surface area contributed by atoms with E-state index in [1.807, 2.05) is 58.3 Å². The van der Waals surface area contributed by atoms with Crippen molar-refractivity contribution in [3.63, 3.8) is 0 Å². The Bertz CT molecular complexity index is 1480. The number of piperazine rings is 2. The highest BCUT2D eigenvalue weighted by molar-refractivity contribution is 5.94. The van der Waals surface area contributed by atoms with Crippen LogP contribution in [0.1, 0.15) is 27.0 Å². The first-order chi connectivity index (χ1) is 21.1. The van der Waals surface area contributed by atoms with E-state index in [0.29, 0.717) is 38.2 Å². The molecule has 7 rings (SSSR count). The van der Waals surface area contributed by atoms with Crippen LogP contribution >= 0.6 is 0 Å². The fourth-order valence-electron chi connectivity index (χ4n) is 6.09. The number of rotatable bonds is 7. The molecular formula is C33H36N4O6. The zero-order valence-electron chi connectivity index (χ0n) is 24.2. The van der Waals surface area contributed by atoms with Gasteiger partial charge in [0.2, 0.25) is 19.5 Å². The van der Waals surface area contributed by atoms with Crippen LogP contribution in [-0.2, 0) is 24.3 Å². The third kappa shape index (κ3) is 6.25. The minimum atomic E-state index is 0.0409. The van der Waals surface area contributed by atoms with Gasteiger partial charge >= 0.3 is 0 Å². The van der Waals surface area contributed by atoms with Gasteiger partial charge in [0, 0.05) is 71.0 Å². The number of hydrogen-bond acceptors (Lipinski definition) is 8. The van der Waals surface area contributed by atoms with E-state index >= 15 is 0 Å². The molecular weight excluding hydrogens is 548 g/mol. The highest BCUT2D eigenvalue weighted by atomic mass is 16.7. The van der Waals surface area contributed by atoms with Crippen LogP contribution in [0.5, 0.6) is 23.0 Å². The molecule has 10 heteroatoms. The fourth-order valence-corrected chi connectivity index (χ4v) is 6.09. The molecule has 0 radical (unpaired) electrons. The Labute approximate surface area is 251 Å². The van der Waals surface area contributed by atoms with Crippen LogP contribution in [0, 0.1) is 0 Å². The van der Waals surface area contributed by atoms with Crippen molar-refractivity contribution in [1.29, 1.82) is 0 Å². The van der Waals surface area contributed by atoms with E-state index in [0.717, 1.165) is 67.8 Å². The summed E-state index contributed by atoms with van der Waals surface area (Å²) in [7, 11) is 0. The summed E-state index contributed by atoms with van der Waals surface area (Å²) in [6, 6.07) is 19.7. The molecule has 3 aromatic rings.